The first-order valence-electron chi connectivity index (χ1n) is 13.3. The average molecular weight is 531 g/mol. The van der Waals surface area contributed by atoms with E-state index in [-0.39, 0.29) is 67.1 Å². The summed E-state index contributed by atoms with van der Waals surface area (Å²) in [4.78, 5) is 60.3. The van der Waals surface area contributed by atoms with Crippen molar-refractivity contribution in [1.82, 2.24) is 21.3 Å². The van der Waals surface area contributed by atoms with Gasteiger partial charge in [0.05, 0.1) is 18.9 Å². The first kappa shape index (κ1) is 28.9. The van der Waals surface area contributed by atoms with E-state index in [0.29, 0.717) is 45.2 Å². The fourth-order valence-corrected chi connectivity index (χ4v) is 4.44. The molecule has 3 rings (SSSR count). The number of esters is 1. The summed E-state index contributed by atoms with van der Waals surface area (Å²) in [6.07, 6.45) is 3.76. The molecule has 0 unspecified atom stereocenters. The van der Waals surface area contributed by atoms with Crippen LogP contribution in [-0.2, 0) is 35.3 Å². The number of carbonyl (C=O) groups excluding carboxylic acids is 5. The van der Waals surface area contributed by atoms with E-state index in [9.17, 15) is 24.0 Å². The Bertz CT molecular complexity index is 971. The van der Waals surface area contributed by atoms with E-state index in [2.05, 4.69) is 26.0 Å². The maximum atomic E-state index is 12.5. The van der Waals surface area contributed by atoms with E-state index in [1.54, 1.807) is 0 Å². The van der Waals surface area contributed by atoms with Crippen LogP contribution in [0.15, 0.2) is 30.3 Å². The number of rotatable bonds is 14. The van der Waals surface area contributed by atoms with Crippen molar-refractivity contribution in [1.29, 1.82) is 0 Å². The second kappa shape index (κ2) is 14.9. The Morgan fingerprint density at radius 3 is 1.92 bits per heavy atom. The van der Waals surface area contributed by atoms with Gasteiger partial charge in [0.15, 0.2) is 0 Å². The van der Waals surface area contributed by atoms with E-state index >= 15 is 0 Å². The van der Waals surface area contributed by atoms with Gasteiger partial charge in [0.1, 0.15) is 6.61 Å². The maximum absolute atomic E-state index is 12.5. The summed E-state index contributed by atoms with van der Waals surface area (Å²) < 4.78 is 9.79. The highest BCUT2D eigenvalue weighted by molar-refractivity contribution is 5.83. The van der Waals surface area contributed by atoms with E-state index in [4.69, 9.17) is 4.74 Å². The second-order valence-electron chi connectivity index (χ2n) is 9.72. The first-order chi connectivity index (χ1) is 18.4. The monoisotopic (exact) mass is 530 g/mol. The number of alkyl carbamates (subject to hydrolysis) is 1. The standard InChI is InChI=1S/C27H38N4O7/c1-37-24(33)10-6-16-29-25(34)19-11-13-21(19)30-23(32)9-5-15-28-26(35)20-12-14-22(20)31-27(36)38-17-18-7-3-2-4-8-18/h2-4,7-8,19-22H,5-6,9-17H2,1H3,(H,28,35)(H,29,34)(H,30,32)(H,31,36)/t19-,20-,21+,22+/m1/s1. The van der Waals surface area contributed by atoms with Gasteiger partial charge in [0, 0.05) is 38.0 Å². The summed E-state index contributed by atoms with van der Waals surface area (Å²) in [5.41, 5.74) is 0.887. The van der Waals surface area contributed by atoms with Crippen LogP contribution in [0.4, 0.5) is 4.79 Å². The summed E-state index contributed by atoms with van der Waals surface area (Å²) >= 11 is 0. The zero-order chi connectivity index (χ0) is 27.3. The molecular weight excluding hydrogens is 492 g/mol. The fourth-order valence-electron chi connectivity index (χ4n) is 4.44. The van der Waals surface area contributed by atoms with Gasteiger partial charge in [-0.25, -0.2) is 4.79 Å². The Labute approximate surface area is 222 Å². The van der Waals surface area contributed by atoms with Crippen LogP contribution in [-0.4, -0.2) is 62.1 Å². The lowest BCUT2D eigenvalue weighted by molar-refractivity contribution is -0.141. The predicted octanol–water partition coefficient (Wildman–Crippen LogP) is 1.55. The third-order valence-electron chi connectivity index (χ3n) is 7.05. The van der Waals surface area contributed by atoms with Crippen molar-refractivity contribution < 1.29 is 33.4 Å². The molecule has 0 aromatic heterocycles. The summed E-state index contributed by atoms with van der Waals surface area (Å²) in [6, 6.07) is 8.91. The lowest BCUT2D eigenvalue weighted by Crippen LogP contribution is -2.53. The Morgan fingerprint density at radius 1 is 0.789 bits per heavy atom. The molecule has 1 aromatic carbocycles. The third kappa shape index (κ3) is 9.04. The summed E-state index contributed by atoms with van der Waals surface area (Å²) in [6.45, 7) is 0.904. The maximum Gasteiger partial charge on any atom is 0.407 e. The van der Waals surface area contributed by atoms with Gasteiger partial charge >= 0.3 is 12.1 Å². The number of hydrogen-bond acceptors (Lipinski definition) is 7. The lowest BCUT2D eigenvalue weighted by atomic mass is 9.78. The molecule has 0 heterocycles. The molecule has 0 spiro atoms. The summed E-state index contributed by atoms with van der Waals surface area (Å²) in [5.74, 6) is -1.31. The molecule has 0 radical (unpaired) electrons. The molecule has 0 bridgehead atoms. The molecule has 2 saturated carbocycles. The molecule has 208 valence electrons. The Balaban J connectivity index is 1.24. The Kier molecular flexibility index (Phi) is 11.4. The number of carbonyl (C=O) groups is 5. The molecule has 2 aliphatic rings. The fraction of sp³-hybridized carbons (Fsp3) is 0.593. The minimum atomic E-state index is -0.544. The zero-order valence-corrected chi connectivity index (χ0v) is 21.8. The number of nitrogens with one attached hydrogen (secondary N) is 4. The van der Waals surface area contributed by atoms with Gasteiger partial charge < -0.3 is 30.7 Å². The normalized spacial score (nSPS) is 21.6. The topological polar surface area (TPSA) is 152 Å². The molecule has 1 aromatic rings. The van der Waals surface area contributed by atoms with Gasteiger partial charge in [0.2, 0.25) is 17.7 Å². The lowest BCUT2D eigenvalue weighted by Gasteiger charge is -2.36. The van der Waals surface area contributed by atoms with Crippen LogP contribution < -0.4 is 21.3 Å². The van der Waals surface area contributed by atoms with Gasteiger partial charge in [-0.15, -0.1) is 0 Å². The minimum absolute atomic E-state index is 0.119. The molecular formula is C27H38N4O7. The number of benzene rings is 1. The molecule has 0 saturated heterocycles. The number of methoxy groups -OCH3 is 1. The van der Waals surface area contributed by atoms with E-state index in [1.807, 2.05) is 30.3 Å². The van der Waals surface area contributed by atoms with Crippen LogP contribution in [0.5, 0.6) is 0 Å². The van der Waals surface area contributed by atoms with Crippen molar-refractivity contribution >= 4 is 29.8 Å². The van der Waals surface area contributed by atoms with Crippen molar-refractivity contribution in [3.63, 3.8) is 0 Å². The molecule has 2 aliphatic carbocycles. The van der Waals surface area contributed by atoms with Crippen LogP contribution in [0.3, 0.4) is 0 Å². The SMILES string of the molecule is COC(=O)CCCNC(=O)[C@@H]1CC[C@@H]1NC(=O)CCCNC(=O)[C@@H]1CC[C@@H]1NC(=O)OCc1ccccc1. The van der Waals surface area contributed by atoms with Crippen molar-refractivity contribution in [2.45, 2.75) is 70.1 Å². The largest absolute Gasteiger partial charge is 0.469 e. The van der Waals surface area contributed by atoms with Gasteiger partial charge in [-0.2, -0.15) is 0 Å². The number of hydrogen-bond donors (Lipinski definition) is 4. The molecule has 11 heteroatoms. The molecule has 2 fully saturated rings. The van der Waals surface area contributed by atoms with Crippen molar-refractivity contribution in [2.75, 3.05) is 20.2 Å². The van der Waals surface area contributed by atoms with Crippen LogP contribution in [0.2, 0.25) is 0 Å². The number of amides is 4. The Hall–Kier alpha value is -3.63. The molecule has 0 aliphatic heterocycles. The van der Waals surface area contributed by atoms with Gasteiger partial charge in [0.25, 0.3) is 0 Å². The highest BCUT2D eigenvalue weighted by Gasteiger charge is 2.38. The highest BCUT2D eigenvalue weighted by Crippen LogP contribution is 2.28. The van der Waals surface area contributed by atoms with E-state index in [0.717, 1.165) is 12.0 Å². The predicted molar refractivity (Wildman–Crippen MR) is 137 cm³/mol. The van der Waals surface area contributed by atoms with Crippen LogP contribution in [0.25, 0.3) is 0 Å². The van der Waals surface area contributed by atoms with Crippen LogP contribution in [0.1, 0.15) is 56.9 Å². The van der Waals surface area contributed by atoms with Gasteiger partial charge in [-0.3, -0.25) is 19.2 Å². The molecule has 38 heavy (non-hydrogen) atoms. The van der Waals surface area contributed by atoms with Crippen molar-refractivity contribution in [3.05, 3.63) is 35.9 Å². The summed E-state index contributed by atoms with van der Waals surface area (Å²) in [7, 11) is 1.33. The molecule has 11 nitrogen and oxygen atoms in total. The Morgan fingerprint density at radius 2 is 1.37 bits per heavy atom. The molecule has 4 atom stereocenters. The smallest absolute Gasteiger partial charge is 0.407 e. The summed E-state index contributed by atoms with van der Waals surface area (Å²) in [5, 5.41) is 11.3. The van der Waals surface area contributed by atoms with Crippen molar-refractivity contribution in [2.24, 2.45) is 11.8 Å². The molecule has 4 amide bonds. The highest BCUT2D eigenvalue weighted by atomic mass is 16.5. The quantitative estimate of drug-likeness (QED) is 0.210. The van der Waals surface area contributed by atoms with Crippen molar-refractivity contribution in [3.8, 4) is 0 Å². The third-order valence-corrected chi connectivity index (χ3v) is 7.05. The van der Waals surface area contributed by atoms with Gasteiger partial charge in [-0.1, -0.05) is 30.3 Å². The average Bonchev–Trinajstić information content (AvgIpc) is 2.88. The van der Waals surface area contributed by atoms with Gasteiger partial charge in [-0.05, 0) is 44.1 Å². The van der Waals surface area contributed by atoms with Crippen LogP contribution >= 0.6 is 0 Å². The van der Waals surface area contributed by atoms with E-state index in [1.165, 1.54) is 7.11 Å². The zero-order valence-electron chi connectivity index (χ0n) is 21.8. The van der Waals surface area contributed by atoms with Crippen LogP contribution in [0, 0.1) is 11.8 Å². The minimum Gasteiger partial charge on any atom is -0.469 e. The number of ether oxygens (including phenoxy) is 2. The first-order valence-corrected chi connectivity index (χ1v) is 13.3. The van der Waals surface area contributed by atoms with E-state index < -0.39 is 6.09 Å². The molecule has 4 N–H and O–H groups in total. The second-order valence-corrected chi connectivity index (χ2v) is 9.72.